The average Bonchev–Trinajstić information content (AvgIpc) is 2.68. The van der Waals surface area contributed by atoms with Crippen molar-refractivity contribution in [2.24, 2.45) is 5.92 Å². The lowest BCUT2D eigenvalue weighted by molar-refractivity contribution is -0.116. The quantitative estimate of drug-likeness (QED) is 0.812. The number of hydrogen-bond donors (Lipinski definition) is 2. The molecule has 0 spiro atoms. The Morgan fingerprint density at radius 3 is 2.46 bits per heavy atom. The number of rotatable bonds is 5. The summed E-state index contributed by atoms with van der Waals surface area (Å²) in [5, 5.41) is 6.00. The first-order chi connectivity index (χ1) is 12.6. The molecule has 0 aliphatic carbocycles. The van der Waals surface area contributed by atoms with E-state index in [0.29, 0.717) is 12.1 Å². The third-order valence-electron chi connectivity index (χ3n) is 4.91. The fourth-order valence-corrected chi connectivity index (χ4v) is 3.23. The highest BCUT2D eigenvalue weighted by atomic mass is 16.2. The van der Waals surface area contributed by atoms with Gasteiger partial charge in [0.05, 0.1) is 6.04 Å². The summed E-state index contributed by atoms with van der Waals surface area (Å²) in [4.78, 5) is 25.0. The van der Waals surface area contributed by atoms with Crippen LogP contribution >= 0.6 is 0 Å². The number of amides is 2. The van der Waals surface area contributed by atoms with Gasteiger partial charge in [0.1, 0.15) is 0 Å². The highest BCUT2D eigenvalue weighted by Gasteiger charge is 2.31. The molecular weight excluding hydrogens is 324 g/mol. The van der Waals surface area contributed by atoms with Gasteiger partial charge in [-0.25, -0.2) is 0 Å². The second-order valence-corrected chi connectivity index (χ2v) is 6.69. The van der Waals surface area contributed by atoms with Gasteiger partial charge in [-0.3, -0.25) is 9.59 Å². The van der Waals surface area contributed by atoms with E-state index >= 15 is 0 Å². The molecule has 2 aromatic rings. The van der Waals surface area contributed by atoms with Crippen LogP contribution in [0.2, 0.25) is 0 Å². The van der Waals surface area contributed by atoms with Gasteiger partial charge < -0.3 is 10.6 Å². The van der Waals surface area contributed by atoms with Crippen molar-refractivity contribution in [2.75, 3.05) is 0 Å². The van der Waals surface area contributed by atoms with Gasteiger partial charge in [0.15, 0.2) is 0 Å². The second kappa shape index (κ2) is 8.00. The van der Waals surface area contributed by atoms with Crippen molar-refractivity contribution >= 4 is 17.4 Å². The second-order valence-electron chi connectivity index (χ2n) is 6.69. The fourth-order valence-electron chi connectivity index (χ4n) is 3.23. The Hall–Kier alpha value is -2.88. The van der Waals surface area contributed by atoms with E-state index in [1.165, 1.54) is 0 Å². The van der Waals surface area contributed by atoms with E-state index in [4.69, 9.17) is 0 Å². The molecule has 2 unspecified atom stereocenters. The first kappa shape index (κ1) is 17.9. The Morgan fingerprint density at radius 1 is 1.12 bits per heavy atom. The molecule has 0 fully saturated rings. The number of fused-ring (bicyclic) bond motifs is 1. The van der Waals surface area contributed by atoms with Crippen LogP contribution in [0, 0.1) is 5.92 Å². The summed E-state index contributed by atoms with van der Waals surface area (Å²) in [7, 11) is 0. The molecule has 3 rings (SSSR count). The zero-order valence-electron chi connectivity index (χ0n) is 15.2. The van der Waals surface area contributed by atoms with Gasteiger partial charge in [-0.2, -0.15) is 0 Å². The summed E-state index contributed by atoms with van der Waals surface area (Å²) < 4.78 is 0. The van der Waals surface area contributed by atoms with Crippen LogP contribution in [0.4, 0.5) is 0 Å². The Bertz CT molecular complexity index is 827. The van der Waals surface area contributed by atoms with Crippen molar-refractivity contribution in [1.82, 2.24) is 10.6 Å². The molecular formula is C22H24N2O2. The minimum Gasteiger partial charge on any atom is -0.348 e. The lowest BCUT2D eigenvalue weighted by Gasteiger charge is -2.32. The van der Waals surface area contributed by atoms with Gasteiger partial charge in [-0.05, 0) is 28.7 Å². The monoisotopic (exact) mass is 348 g/mol. The molecule has 2 atom stereocenters. The third-order valence-corrected chi connectivity index (χ3v) is 4.91. The number of hydrogen-bond acceptors (Lipinski definition) is 2. The molecule has 4 heteroatoms. The lowest BCUT2D eigenvalue weighted by Crippen LogP contribution is -2.44. The zero-order valence-corrected chi connectivity index (χ0v) is 15.2. The molecule has 0 radical (unpaired) electrons. The molecule has 0 aromatic heterocycles. The summed E-state index contributed by atoms with van der Waals surface area (Å²) >= 11 is 0. The van der Waals surface area contributed by atoms with E-state index < -0.39 is 0 Å². The van der Waals surface area contributed by atoms with Crippen LogP contribution in [0.5, 0.6) is 0 Å². The van der Waals surface area contributed by atoms with Crippen molar-refractivity contribution < 1.29 is 9.59 Å². The first-order valence-electron chi connectivity index (χ1n) is 9.03. The molecule has 0 bridgehead atoms. The van der Waals surface area contributed by atoms with E-state index in [9.17, 15) is 9.59 Å². The van der Waals surface area contributed by atoms with Crippen molar-refractivity contribution in [3.8, 4) is 0 Å². The molecule has 0 saturated heterocycles. The van der Waals surface area contributed by atoms with Gasteiger partial charge in [-0.1, -0.05) is 68.8 Å². The van der Waals surface area contributed by atoms with Gasteiger partial charge in [0, 0.05) is 18.2 Å². The molecule has 4 nitrogen and oxygen atoms in total. The smallest absolute Gasteiger partial charge is 0.252 e. The molecule has 0 saturated carbocycles. The maximum atomic E-state index is 12.5. The van der Waals surface area contributed by atoms with Gasteiger partial charge in [0.25, 0.3) is 5.91 Å². The predicted octanol–water partition coefficient (Wildman–Crippen LogP) is 3.54. The molecule has 1 aliphatic rings. The summed E-state index contributed by atoms with van der Waals surface area (Å²) in [5.74, 6) is 0.0105. The van der Waals surface area contributed by atoms with E-state index in [1.807, 2.05) is 48.5 Å². The van der Waals surface area contributed by atoms with Crippen molar-refractivity contribution in [3.63, 3.8) is 0 Å². The van der Waals surface area contributed by atoms with Crippen LogP contribution in [0.1, 0.15) is 41.8 Å². The van der Waals surface area contributed by atoms with Crippen molar-refractivity contribution in [3.05, 3.63) is 77.4 Å². The number of carbonyl (C=O) groups is 2. The highest BCUT2D eigenvalue weighted by Crippen LogP contribution is 2.31. The average molecular weight is 348 g/mol. The van der Waals surface area contributed by atoms with Crippen LogP contribution < -0.4 is 10.6 Å². The number of carbonyl (C=O) groups excluding carboxylic acids is 2. The minimum absolute atomic E-state index is 0.0762. The molecule has 2 amide bonds. The number of benzene rings is 2. The van der Waals surface area contributed by atoms with E-state index in [2.05, 4.69) is 24.5 Å². The standard InChI is InChI=1S/C22H24N2O2/c1-3-15(2)21-19(17-11-7-8-12-18(17)22(26)24-21)13-20(25)23-14-16-9-5-4-6-10-16/h4-13,15,21H,3,14H2,1-2H3,(H,23,25)(H,24,26)/b19-13+. The predicted molar refractivity (Wildman–Crippen MR) is 103 cm³/mol. The summed E-state index contributed by atoms with van der Waals surface area (Å²) in [5.41, 5.74) is 3.39. The Balaban J connectivity index is 1.87. The maximum Gasteiger partial charge on any atom is 0.252 e. The van der Waals surface area contributed by atoms with E-state index in [1.54, 1.807) is 12.1 Å². The number of nitrogens with one attached hydrogen (secondary N) is 2. The SMILES string of the molecule is CCC(C)C1NC(=O)c2ccccc2/C1=C\C(=O)NCc1ccccc1. The summed E-state index contributed by atoms with van der Waals surface area (Å²) in [6, 6.07) is 17.1. The Labute approximate surface area is 154 Å². The van der Waals surface area contributed by atoms with Crippen LogP contribution in [0.3, 0.4) is 0 Å². The van der Waals surface area contributed by atoms with Crippen LogP contribution in [-0.2, 0) is 11.3 Å². The molecule has 134 valence electrons. The zero-order chi connectivity index (χ0) is 18.5. The Kier molecular flexibility index (Phi) is 5.52. The summed E-state index contributed by atoms with van der Waals surface area (Å²) in [6.07, 6.45) is 2.55. The minimum atomic E-state index is -0.162. The fraction of sp³-hybridized carbons (Fsp3) is 0.273. The van der Waals surface area contributed by atoms with E-state index in [-0.39, 0.29) is 23.8 Å². The molecule has 1 heterocycles. The molecule has 26 heavy (non-hydrogen) atoms. The van der Waals surface area contributed by atoms with Crippen molar-refractivity contribution in [2.45, 2.75) is 32.9 Å². The first-order valence-corrected chi connectivity index (χ1v) is 9.03. The van der Waals surface area contributed by atoms with Gasteiger partial charge in [-0.15, -0.1) is 0 Å². The molecule has 2 N–H and O–H groups in total. The van der Waals surface area contributed by atoms with Crippen molar-refractivity contribution in [1.29, 1.82) is 0 Å². The summed E-state index contributed by atoms with van der Waals surface area (Å²) in [6.45, 7) is 4.66. The van der Waals surface area contributed by atoms with Gasteiger partial charge >= 0.3 is 0 Å². The van der Waals surface area contributed by atoms with Gasteiger partial charge in [0.2, 0.25) is 5.91 Å². The Morgan fingerprint density at radius 2 is 1.77 bits per heavy atom. The topological polar surface area (TPSA) is 58.2 Å². The van der Waals surface area contributed by atoms with E-state index in [0.717, 1.165) is 23.1 Å². The van der Waals surface area contributed by atoms with Crippen LogP contribution in [-0.4, -0.2) is 17.9 Å². The third kappa shape index (κ3) is 3.85. The molecule has 2 aromatic carbocycles. The molecule has 1 aliphatic heterocycles. The largest absolute Gasteiger partial charge is 0.348 e. The highest BCUT2D eigenvalue weighted by molar-refractivity contribution is 6.07. The normalized spacial score (nSPS) is 18.8. The lowest BCUT2D eigenvalue weighted by atomic mass is 9.82. The van der Waals surface area contributed by atoms with Crippen LogP contribution in [0.25, 0.3) is 5.57 Å². The van der Waals surface area contributed by atoms with Crippen LogP contribution in [0.15, 0.2) is 60.7 Å². The maximum absolute atomic E-state index is 12.5.